The highest BCUT2D eigenvalue weighted by molar-refractivity contribution is 5.89. The van der Waals surface area contributed by atoms with Gasteiger partial charge in [0.15, 0.2) is 11.6 Å². The minimum Gasteiger partial charge on any atom is -0.494 e. The van der Waals surface area contributed by atoms with E-state index in [1.807, 2.05) is 0 Å². The van der Waals surface area contributed by atoms with E-state index >= 15 is 0 Å². The highest BCUT2D eigenvalue weighted by Gasteiger charge is 2.12. The molecule has 2 N–H and O–H groups in total. The van der Waals surface area contributed by atoms with Crippen LogP contribution >= 0.6 is 0 Å². The maximum Gasteiger partial charge on any atom is 0.319 e. The highest BCUT2D eigenvalue weighted by Crippen LogP contribution is 2.20. The van der Waals surface area contributed by atoms with Crippen molar-refractivity contribution < 1.29 is 18.4 Å². The van der Waals surface area contributed by atoms with Gasteiger partial charge >= 0.3 is 6.03 Å². The number of hydrogen-bond acceptors (Lipinski definition) is 4. The molecule has 0 aliphatic carbocycles. The number of carbonyl (C=O) groups is 1. The topological polar surface area (TPSA) is 76.4 Å². The normalized spacial score (nSPS) is 11.8. The lowest BCUT2D eigenvalue weighted by atomic mass is 10.2. The number of halogens is 1. The van der Waals surface area contributed by atoms with Gasteiger partial charge in [-0.1, -0.05) is 5.16 Å². The van der Waals surface area contributed by atoms with E-state index in [9.17, 15) is 9.18 Å². The van der Waals surface area contributed by atoms with Crippen molar-refractivity contribution >= 4 is 11.7 Å². The molecule has 0 aliphatic rings. The number of nitrogens with one attached hydrogen (secondary N) is 2. The molecule has 2 rings (SSSR count). The standard InChI is InChI=1S/C13H14FN3O3/c1-8(11-5-6-20-17-11)15-13(18)16-9-3-4-12(19-2)10(14)7-9/h3-8H,1-2H3,(H2,15,16,18)/t8-/m1/s1. The molecule has 0 bridgehead atoms. The molecule has 0 aliphatic heterocycles. The Balaban J connectivity index is 1.96. The largest absolute Gasteiger partial charge is 0.494 e. The van der Waals surface area contributed by atoms with Crippen LogP contribution in [-0.4, -0.2) is 18.3 Å². The summed E-state index contributed by atoms with van der Waals surface area (Å²) in [4.78, 5) is 11.7. The molecule has 0 saturated heterocycles. The summed E-state index contributed by atoms with van der Waals surface area (Å²) in [6, 6.07) is 5.02. The molecule has 2 aromatic rings. The predicted molar refractivity (Wildman–Crippen MR) is 70.0 cm³/mol. The molecule has 20 heavy (non-hydrogen) atoms. The fourth-order valence-electron chi connectivity index (χ4n) is 1.63. The van der Waals surface area contributed by atoms with Gasteiger partial charge in [-0.25, -0.2) is 9.18 Å². The molecule has 0 unspecified atom stereocenters. The number of rotatable bonds is 4. The van der Waals surface area contributed by atoms with E-state index in [-0.39, 0.29) is 11.8 Å². The third-order valence-corrected chi connectivity index (χ3v) is 2.66. The molecule has 2 amide bonds. The van der Waals surface area contributed by atoms with Crippen molar-refractivity contribution in [3.05, 3.63) is 42.0 Å². The first-order chi connectivity index (χ1) is 9.60. The van der Waals surface area contributed by atoms with Gasteiger partial charge in [0.2, 0.25) is 0 Å². The maximum absolute atomic E-state index is 13.5. The van der Waals surface area contributed by atoms with Gasteiger partial charge in [0.05, 0.1) is 13.2 Å². The summed E-state index contributed by atoms with van der Waals surface area (Å²) in [7, 11) is 1.37. The number of benzene rings is 1. The number of anilines is 1. The van der Waals surface area contributed by atoms with E-state index < -0.39 is 11.8 Å². The van der Waals surface area contributed by atoms with Crippen LogP contribution in [0.4, 0.5) is 14.9 Å². The van der Waals surface area contributed by atoms with Gasteiger partial charge in [0, 0.05) is 17.8 Å². The minimum atomic E-state index is -0.546. The first-order valence-electron chi connectivity index (χ1n) is 5.91. The molecule has 1 atom stereocenters. The molecule has 1 heterocycles. The molecule has 106 valence electrons. The van der Waals surface area contributed by atoms with Crippen molar-refractivity contribution in [2.24, 2.45) is 0 Å². The van der Waals surface area contributed by atoms with Gasteiger partial charge in [-0.15, -0.1) is 0 Å². The molecule has 0 fully saturated rings. The molecule has 7 heteroatoms. The molecule has 6 nitrogen and oxygen atoms in total. The Kier molecular flexibility index (Phi) is 4.19. The average molecular weight is 279 g/mol. The Bertz CT molecular complexity index is 587. The van der Waals surface area contributed by atoms with Crippen molar-refractivity contribution in [3.8, 4) is 5.75 Å². The second kappa shape index (κ2) is 6.05. The average Bonchev–Trinajstić information content (AvgIpc) is 2.92. The zero-order valence-electron chi connectivity index (χ0n) is 11.0. The van der Waals surface area contributed by atoms with Crippen LogP contribution in [0.5, 0.6) is 5.75 Å². The summed E-state index contributed by atoms with van der Waals surface area (Å²) in [6.45, 7) is 1.76. The third kappa shape index (κ3) is 3.25. The summed E-state index contributed by atoms with van der Waals surface area (Å²) in [6.07, 6.45) is 1.42. The van der Waals surface area contributed by atoms with E-state index in [0.717, 1.165) is 0 Å². The second-order valence-corrected chi connectivity index (χ2v) is 4.09. The van der Waals surface area contributed by atoms with Crippen LogP contribution in [-0.2, 0) is 0 Å². The van der Waals surface area contributed by atoms with E-state index in [0.29, 0.717) is 11.4 Å². The Morgan fingerprint density at radius 1 is 1.45 bits per heavy atom. The first-order valence-corrected chi connectivity index (χ1v) is 5.91. The summed E-state index contributed by atoms with van der Waals surface area (Å²) in [5.74, 6) is -0.429. The zero-order valence-corrected chi connectivity index (χ0v) is 11.0. The number of nitrogens with zero attached hydrogens (tertiary/aromatic N) is 1. The number of hydrogen-bond donors (Lipinski definition) is 2. The lowest BCUT2D eigenvalue weighted by molar-refractivity contribution is 0.249. The number of aromatic nitrogens is 1. The summed E-state index contributed by atoms with van der Waals surface area (Å²) in [5.41, 5.74) is 0.925. The Morgan fingerprint density at radius 2 is 2.25 bits per heavy atom. The zero-order chi connectivity index (χ0) is 14.5. The number of carbonyl (C=O) groups excluding carboxylic acids is 1. The van der Waals surface area contributed by atoms with Crippen molar-refractivity contribution in [3.63, 3.8) is 0 Å². The number of amides is 2. The lowest BCUT2D eigenvalue weighted by Crippen LogP contribution is -2.31. The number of ether oxygens (including phenoxy) is 1. The van der Waals surface area contributed by atoms with Crippen molar-refractivity contribution in [2.75, 3.05) is 12.4 Å². The lowest BCUT2D eigenvalue weighted by Gasteiger charge is -2.12. The van der Waals surface area contributed by atoms with Crippen molar-refractivity contribution in [2.45, 2.75) is 13.0 Å². The molecular formula is C13H14FN3O3. The van der Waals surface area contributed by atoms with Crippen LogP contribution in [0.3, 0.4) is 0 Å². The van der Waals surface area contributed by atoms with Crippen molar-refractivity contribution in [1.29, 1.82) is 0 Å². The second-order valence-electron chi connectivity index (χ2n) is 4.09. The third-order valence-electron chi connectivity index (χ3n) is 2.66. The Morgan fingerprint density at radius 3 is 2.85 bits per heavy atom. The van der Waals surface area contributed by atoms with Gasteiger partial charge in [-0.2, -0.15) is 0 Å². The van der Waals surface area contributed by atoms with Gasteiger partial charge in [0.1, 0.15) is 12.0 Å². The van der Waals surface area contributed by atoms with Crippen LogP contribution in [0.15, 0.2) is 35.1 Å². The predicted octanol–water partition coefficient (Wildman–Crippen LogP) is 2.71. The molecule has 0 spiro atoms. The monoisotopic (exact) mass is 279 g/mol. The van der Waals surface area contributed by atoms with Gasteiger partial charge in [0.25, 0.3) is 0 Å². The van der Waals surface area contributed by atoms with Crippen LogP contribution in [0.25, 0.3) is 0 Å². The van der Waals surface area contributed by atoms with Crippen molar-refractivity contribution in [1.82, 2.24) is 10.5 Å². The van der Waals surface area contributed by atoms with Crippen LogP contribution in [0.2, 0.25) is 0 Å². The smallest absolute Gasteiger partial charge is 0.319 e. The quantitative estimate of drug-likeness (QED) is 0.902. The van der Waals surface area contributed by atoms with E-state index in [1.54, 1.807) is 19.1 Å². The van der Waals surface area contributed by atoms with Crippen LogP contribution in [0, 0.1) is 5.82 Å². The Labute approximate surface area is 114 Å². The van der Waals surface area contributed by atoms with Gasteiger partial charge in [-0.05, 0) is 19.1 Å². The SMILES string of the molecule is COc1ccc(NC(=O)N[C@H](C)c2ccon2)cc1F. The molecule has 1 aromatic carbocycles. The van der Waals surface area contributed by atoms with Crippen LogP contribution in [0.1, 0.15) is 18.7 Å². The van der Waals surface area contributed by atoms with Gasteiger partial charge in [-0.3, -0.25) is 0 Å². The number of methoxy groups -OCH3 is 1. The van der Waals surface area contributed by atoms with E-state index in [2.05, 4.69) is 15.8 Å². The minimum absolute atomic E-state index is 0.118. The van der Waals surface area contributed by atoms with Gasteiger partial charge < -0.3 is 19.9 Å². The first kappa shape index (κ1) is 13.9. The molecular weight excluding hydrogens is 265 g/mol. The Hall–Kier alpha value is -2.57. The summed E-state index contributed by atoms with van der Waals surface area (Å²) in [5, 5.41) is 8.89. The maximum atomic E-state index is 13.5. The number of urea groups is 1. The van der Waals surface area contributed by atoms with E-state index in [1.165, 1.54) is 25.5 Å². The fourth-order valence-corrected chi connectivity index (χ4v) is 1.63. The summed E-state index contributed by atoms with van der Waals surface area (Å²) < 4.78 is 23.0. The summed E-state index contributed by atoms with van der Waals surface area (Å²) >= 11 is 0. The highest BCUT2D eigenvalue weighted by atomic mass is 19.1. The molecule has 0 radical (unpaired) electrons. The molecule has 1 aromatic heterocycles. The fraction of sp³-hybridized carbons (Fsp3) is 0.231. The van der Waals surface area contributed by atoms with E-state index in [4.69, 9.17) is 9.26 Å². The van der Waals surface area contributed by atoms with Crippen LogP contribution < -0.4 is 15.4 Å². The molecule has 0 saturated carbocycles.